The normalized spacial score (nSPS) is 14.4. The quantitative estimate of drug-likeness (QED) is 0.210. The second kappa shape index (κ2) is 10.6. The largest absolute Gasteiger partial charge is 0.508 e. The van der Waals surface area contributed by atoms with E-state index in [1.54, 1.807) is 24.3 Å². The van der Waals surface area contributed by atoms with E-state index in [4.69, 9.17) is 4.74 Å². The Balaban J connectivity index is 1.45. The summed E-state index contributed by atoms with van der Waals surface area (Å²) in [6.45, 7) is 2.12. The molecule has 1 aromatic heterocycles. The van der Waals surface area contributed by atoms with Gasteiger partial charge in [0.2, 0.25) is 0 Å². The maximum absolute atomic E-state index is 15.0. The lowest BCUT2D eigenvalue weighted by Gasteiger charge is -2.37. The van der Waals surface area contributed by atoms with Crippen LogP contribution in [0, 0.1) is 11.7 Å². The second-order valence-electron chi connectivity index (χ2n) is 9.42. The number of likely N-dealkylation sites (tertiary alicyclic amines) is 1. The summed E-state index contributed by atoms with van der Waals surface area (Å²) in [4.78, 5) is 20.0. The molecule has 39 heavy (non-hydrogen) atoms. The van der Waals surface area contributed by atoms with Crippen molar-refractivity contribution in [2.75, 3.05) is 32.9 Å². The van der Waals surface area contributed by atoms with Gasteiger partial charge in [-0.05, 0) is 48.5 Å². The van der Waals surface area contributed by atoms with Crippen molar-refractivity contribution in [3.63, 3.8) is 0 Å². The fourth-order valence-corrected chi connectivity index (χ4v) is 4.64. The van der Waals surface area contributed by atoms with E-state index < -0.39 is 23.3 Å². The summed E-state index contributed by atoms with van der Waals surface area (Å²) in [6, 6.07) is 12.6. The molecule has 0 unspecified atom stereocenters. The molecule has 5 nitrogen and oxygen atoms in total. The molecule has 5 rings (SSSR count). The first-order valence-electron chi connectivity index (χ1n) is 12.2. The number of alkyl halides is 4. The van der Waals surface area contributed by atoms with Crippen molar-refractivity contribution in [3.05, 3.63) is 89.4 Å². The smallest absolute Gasteiger partial charge is 0.416 e. The minimum Gasteiger partial charge on any atom is -0.508 e. The van der Waals surface area contributed by atoms with Crippen LogP contribution in [0.1, 0.15) is 21.5 Å². The number of aromatic nitrogens is 1. The average molecular weight is 543 g/mol. The molecule has 1 fully saturated rings. The topological polar surface area (TPSA) is 62.7 Å². The van der Waals surface area contributed by atoms with Gasteiger partial charge in [-0.15, -0.1) is 0 Å². The van der Waals surface area contributed by atoms with Crippen LogP contribution in [0.2, 0.25) is 0 Å². The molecule has 202 valence electrons. The molecule has 4 aromatic rings. The second-order valence-corrected chi connectivity index (χ2v) is 9.42. The molecule has 1 aliphatic heterocycles. The standard InChI is InChI=1S/C29H23F5N2O3/c30-13-17-15-36(16-17)9-10-39-21-5-1-18(2-6-21)28(38)27-23-8-4-20(37)12-26(23)35-14-24(27)22-7-3-19(11-25(22)31)29(32,33)34/h1-8,11-12,14,17,37H,9-10,13,15-16H2. The van der Waals surface area contributed by atoms with E-state index in [1.165, 1.54) is 24.4 Å². The number of phenols is 1. The summed E-state index contributed by atoms with van der Waals surface area (Å²) in [5, 5.41) is 10.2. The highest BCUT2D eigenvalue weighted by atomic mass is 19.4. The first-order valence-corrected chi connectivity index (χ1v) is 12.2. The number of phenolic OH excluding ortho intramolecular Hbond substituents is 1. The molecule has 0 bridgehead atoms. The van der Waals surface area contributed by atoms with Crippen molar-refractivity contribution in [2.45, 2.75) is 6.18 Å². The summed E-state index contributed by atoms with van der Waals surface area (Å²) in [6.07, 6.45) is -3.52. The Bertz CT molecular complexity index is 1520. The van der Waals surface area contributed by atoms with E-state index in [2.05, 4.69) is 9.88 Å². The van der Waals surface area contributed by atoms with Crippen molar-refractivity contribution in [3.8, 4) is 22.6 Å². The lowest BCUT2D eigenvalue weighted by Crippen LogP contribution is -2.49. The van der Waals surface area contributed by atoms with Gasteiger partial charge in [0.15, 0.2) is 5.78 Å². The lowest BCUT2D eigenvalue weighted by molar-refractivity contribution is -0.137. The van der Waals surface area contributed by atoms with E-state index in [1.807, 2.05) is 0 Å². The van der Waals surface area contributed by atoms with Gasteiger partial charge in [-0.1, -0.05) is 6.07 Å². The Morgan fingerprint density at radius 1 is 1.03 bits per heavy atom. The highest BCUT2D eigenvalue weighted by Gasteiger charge is 2.32. The number of pyridine rings is 1. The van der Waals surface area contributed by atoms with Gasteiger partial charge in [-0.2, -0.15) is 13.2 Å². The van der Waals surface area contributed by atoms with E-state index >= 15 is 0 Å². The third-order valence-corrected chi connectivity index (χ3v) is 6.71. The van der Waals surface area contributed by atoms with Crippen LogP contribution >= 0.6 is 0 Å². The van der Waals surface area contributed by atoms with E-state index in [9.17, 15) is 31.9 Å². The van der Waals surface area contributed by atoms with Gasteiger partial charge in [0, 0.05) is 65.5 Å². The molecular formula is C29H23F5N2O3. The summed E-state index contributed by atoms with van der Waals surface area (Å²) in [5.74, 6) is -1.15. The van der Waals surface area contributed by atoms with Crippen LogP contribution in [0.4, 0.5) is 22.0 Å². The Morgan fingerprint density at radius 3 is 2.44 bits per heavy atom. The molecule has 0 aliphatic carbocycles. The number of halogens is 5. The number of carbonyl (C=O) groups is 1. The molecule has 10 heteroatoms. The molecule has 2 heterocycles. The van der Waals surface area contributed by atoms with Crippen LogP contribution < -0.4 is 4.74 Å². The number of carbonyl (C=O) groups excluding carboxylic acids is 1. The zero-order valence-corrected chi connectivity index (χ0v) is 20.5. The number of benzene rings is 3. The minimum absolute atomic E-state index is 0.0193. The number of aromatic hydroxyl groups is 1. The summed E-state index contributed by atoms with van der Waals surface area (Å²) in [7, 11) is 0. The summed E-state index contributed by atoms with van der Waals surface area (Å²) < 4.78 is 72.5. The van der Waals surface area contributed by atoms with Gasteiger partial charge >= 0.3 is 6.18 Å². The van der Waals surface area contributed by atoms with E-state index in [0.29, 0.717) is 43.4 Å². The van der Waals surface area contributed by atoms with Gasteiger partial charge in [0.25, 0.3) is 0 Å². The van der Waals surface area contributed by atoms with E-state index in [-0.39, 0.29) is 46.1 Å². The van der Waals surface area contributed by atoms with Crippen molar-refractivity contribution in [1.29, 1.82) is 0 Å². The van der Waals surface area contributed by atoms with Crippen LogP contribution in [0.3, 0.4) is 0 Å². The Labute approximate surface area is 220 Å². The molecule has 1 saturated heterocycles. The number of ketones is 1. The number of hydrogen-bond donors (Lipinski definition) is 1. The van der Waals surface area contributed by atoms with Crippen LogP contribution in [0.25, 0.3) is 22.0 Å². The summed E-state index contributed by atoms with van der Waals surface area (Å²) >= 11 is 0. The van der Waals surface area contributed by atoms with Crippen molar-refractivity contribution < 1.29 is 36.6 Å². The molecule has 0 atom stereocenters. The number of nitrogens with zero attached hydrogens (tertiary/aromatic N) is 2. The zero-order chi connectivity index (χ0) is 27.7. The minimum atomic E-state index is -4.73. The lowest BCUT2D eigenvalue weighted by atomic mass is 9.91. The molecule has 3 aromatic carbocycles. The average Bonchev–Trinajstić information content (AvgIpc) is 2.88. The highest BCUT2D eigenvalue weighted by molar-refractivity contribution is 6.19. The van der Waals surface area contributed by atoms with Gasteiger partial charge in [-0.25, -0.2) is 4.39 Å². The number of fused-ring (bicyclic) bond motifs is 1. The van der Waals surface area contributed by atoms with Crippen LogP contribution in [0.15, 0.2) is 66.9 Å². The third-order valence-electron chi connectivity index (χ3n) is 6.71. The van der Waals surface area contributed by atoms with Gasteiger partial charge < -0.3 is 9.84 Å². The van der Waals surface area contributed by atoms with E-state index in [0.717, 1.165) is 12.1 Å². The molecular weight excluding hydrogens is 519 g/mol. The van der Waals surface area contributed by atoms with Gasteiger partial charge in [0.05, 0.1) is 17.8 Å². The Hall–Kier alpha value is -4.05. The number of hydrogen-bond acceptors (Lipinski definition) is 5. The monoisotopic (exact) mass is 542 g/mol. The van der Waals surface area contributed by atoms with Gasteiger partial charge in [0.1, 0.15) is 23.9 Å². The molecule has 0 amide bonds. The molecule has 0 saturated carbocycles. The zero-order valence-electron chi connectivity index (χ0n) is 20.5. The molecule has 1 aliphatic rings. The van der Waals surface area contributed by atoms with Gasteiger partial charge in [-0.3, -0.25) is 19.1 Å². The highest BCUT2D eigenvalue weighted by Crippen LogP contribution is 2.37. The van der Waals surface area contributed by atoms with Crippen molar-refractivity contribution in [2.24, 2.45) is 5.92 Å². The Morgan fingerprint density at radius 2 is 1.77 bits per heavy atom. The third kappa shape index (κ3) is 5.56. The van der Waals surface area contributed by atoms with Crippen LogP contribution in [-0.4, -0.2) is 53.7 Å². The first kappa shape index (κ1) is 26.6. The van der Waals surface area contributed by atoms with Crippen molar-refractivity contribution in [1.82, 2.24) is 9.88 Å². The maximum atomic E-state index is 15.0. The number of ether oxygens (including phenoxy) is 1. The first-order chi connectivity index (χ1) is 18.6. The predicted octanol–water partition coefficient (Wildman–Crippen LogP) is 6.28. The fourth-order valence-electron chi connectivity index (χ4n) is 4.64. The molecule has 1 N–H and O–H groups in total. The predicted molar refractivity (Wildman–Crippen MR) is 135 cm³/mol. The van der Waals surface area contributed by atoms with Crippen LogP contribution in [-0.2, 0) is 6.18 Å². The maximum Gasteiger partial charge on any atom is 0.416 e. The SMILES string of the molecule is O=C(c1ccc(OCCN2CC(CF)C2)cc1)c1c(-c2ccc(C(F)(F)F)cc2F)cnc2cc(O)ccc12. The molecule has 0 spiro atoms. The fraction of sp³-hybridized carbons (Fsp3) is 0.241. The van der Waals surface area contributed by atoms with Crippen molar-refractivity contribution >= 4 is 16.7 Å². The molecule has 0 radical (unpaired) electrons. The van der Waals surface area contributed by atoms with Crippen LogP contribution in [0.5, 0.6) is 11.5 Å². The number of rotatable bonds is 8. The summed E-state index contributed by atoms with van der Waals surface area (Å²) in [5.41, 5.74) is -0.809. The Kier molecular flexibility index (Phi) is 7.22.